The topological polar surface area (TPSA) is 86.7 Å². The van der Waals surface area contributed by atoms with E-state index in [2.05, 4.69) is 5.32 Å². The highest BCUT2D eigenvalue weighted by atomic mass is 19.1. The second kappa shape index (κ2) is 3.85. The number of anilines is 1. The zero-order valence-electron chi connectivity index (χ0n) is 8.44. The van der Waals surface area contributed by atoms with Gasteiger partial charge in [0.05, 0.1) is 17.8 Å². The molecule has 1 saturated heterocycles. The van der Waals surface area contributed by atoms with E-state index in [4.69, 9.17) is 5.11 Å². The lowest BCUT2D eigenvalue weighted by molar-refractivity contribution is -0.115. The summed E-state index contributed by atoms with van der Waals surface area (Å²) in [5, 5.41) is 10.9. The average molecular weight is 238 g/mol. The van der Waals surface area contributed by atoms with Crippen LogP contribution < -0.4 is 10.2 Å². The molecular formula is C10H7FN2O4. The Morgan fingerprint density at radius 3 is 2.65 bits per heavy atom. The zero-order chi connectivity index (χ0) is 12.6. The summed E-state index contributed by atoms with van der Waals surface area (Å²) in [6.45, 7) is -0.227. The summed E-state index contributed by atoms with van der Waals surface area (Å²) < 4.78 is 13.8. The monoisotopic (exact) mass is 238 g/mol. The molecule has 0 atom stereocenters. The standard InChI is InChI=1S/C10H7FN2O4/c11-8-5(9(15)16)2-1-3-6(8)13-7(14)4-12-10(13)17/h1-3H,4H2,(H,12,17)(H,15,16). The van der Waals surface area contributed by atoms with E-state index in [1.165, 1.54) is 12.1 Å². The van der Waals surface area contributed by atoms with Crippen molar-refractivity contribution in [3.05, 3.63) is 29.6 Å². The van der Waals surface area contributed by atoms with Gasteiger partial charge in [0, 0.05) is 0 Å². The van der Waals surface area contributed by atoms with Crippen molar-refractivity contribution in [3.63, 3.8) is 0 Å². The molecular weight excluding hydrogens is 231 g/mol. The number of amides is 3. The van der Waals surface area contributed by atoms with Crippen LogP contribution >= 0.6 is 0 Å². The van der Waals surface area contributed by atoms with E-state index in [1.807, 2.05) is 0 Å². The molecule has 88 valence electrons. The van der Waals surface area contributed by atoms with E-state index in [0.717, 1.165) is 6.07 Å². The SMILES string of the molecule is O=C(O)c1cccc(N2C(=O)CNC2=O)c1F. The Morgan fingerprint density at radius 1 is 1.41 bits per heavy atom. The van der Waals surface area contributed by atoms with Gasteiger partial charge in [-0.3, -0.25) is 4.79 Å². The molecule has 1 aromatic carbocycles. The largest absolute Gasteiger partial charge is 0.478 e. The summed E-state index contributed by atoms with van der Waals surface area (Å²) in [6.07, 6.45) is 0. The third-order valence-corrected chi connectivity index (χ3v) is 2.29. The minimum atomic E-state index is -1.46. The summed E-state index contributed by atoms with van der Waals surface area (Å²) in [5.74, 6) is -3.20. The number of imide groups is 1. The minimum absolute atomic E-state index is 0.227. The number of urea groups is 1. The fourth-order valence-electron chi connectivity index (χ4n) is 1.52. The molecule has 3 amide bonds. The summed E-state index contributed by atoms with van der Waals surface area (Å²) in [6, 6.07) is 2.72. The highest BCUT2D eigenvalue weighted by molar-refractivity contribution is 6.20. The fourth-order valence-corrected chi connectivity index (χ4v) is 1.52. The van der Waals surface area contributed by atoms with Gasteiger partial charge in [0.2, 0.25) is 0 Å². The Labute approximate surface area is 94.6 Å². The third kappa shape index (κ3) is 1.71. The summed E-state index contributed by atoms with van der Waals surface area (Å²) in [5.41, 5.74) is -0.945. The van der Waals surface area contributed by atoms with Crippen LogP contribution in [0.3, 0.4) is 0 Å². The third-order valence-electron chi connectivity index (χ3n) is 2.29. The number of hydrogen-bond acceptors (Lipinski definition) is 3. The molecule has 17 heavy (non-hydrogen) atoms. The maximum atomic E-state index is 13.8. The van der Waals surface area contributed by atoms with Gasteiger partial charge in [-0.05, 0) is 12.1 Å². The van der Waals surface area contributed by atoms with E-state index >= 15 is 0 Å². The van der Waals surface area contributed by atoms with E-state index in [1.54, 1.807) is 0 Å². The number of nitrogens with zero attached hydrogens (tertiary/aromatic N) is 1. The molecule has 6 nitrogen and oxygen atoms in total. The average Bonchev–Trinajstić information content (AvgIpc) is 2.59. The smallest absolute Gasteiger partial charge is 0.338 e. The van der Waals surface area contributed by atoms with Crippen molar-refractivity contribution in [3.8, 4) is 0 Å². The number of benzene rings is 1. The molecule has 0 spiro atoms. The summed E-state index contributed by atoms with van der Waals surface area (Å²) in [4.78, 5) is 33.9. The molecule has 1 fully saturated rings. The number of rotatable bonds is 2. The number of halogens is 1. The molecule has 0 saturated carbocycles. The lowest BCUT2D eigenvalue weighted by Gasteiger charge is -2.13. The Morgan fingerprint density at radius 2 is 2.12 bits per heavy atom. The van der Waals surface area contributed by atoms with Crippen molar-refractivity contribution in [2.75, 3.05) is 11.4 Å². The quantitative estimate of drug-likeness (QED) is 0.738. The number of aromatic carboxylic acids is 1. The van der Waals surface area contributed by atoms with Crippen molar-refractivity contribution in [2.45, 2.75) is 0 Å². The van der Waals surface area contributed by atoms with Crippen molar-refractivity contribution in [1.82, 2.24) is 5.32 Å². The number of nitrogens with one attached hydrogen (secondary N) is 1. The molecule has 1 aromatic rings. The Kier molecular flexibility index (Phi) is 2.51. The van der Waals surface area contributed by atoms with Gasteiger partial charge in [-0.15, -0.1) is 0 Å². The van der Waals surface area contributed by atoms with Crippen LogP contribution in [0.1, 0.15) is 10.4 Å². The normalized spacial score (nSPS) is 15.0. The lowest BCUT2D eigenvalue weighted by atomic mass is 10.1. The molecule has 0 aromatic heterocycles. The van der Waals surface area contributed by atoms with E-state index in [-0.39, 0.29) is 12.2 Å². The van der Waals surface area contributed by atoms with E-state index in [0.29, 0.717) is 4.90 Å². The number of carboxylic acid groups (broad SMARTS) is 1. The first-order chi connectivity index (χ1) is 8.02. The van der Waals surface area contributed by atoms with Gasteiger partial charge in [-0.25, -0.2) is 18.9 Å². The molecule has 2 N–H and O–H groups in total. The van der Waals surface area contributed by atoms with Crippen LogP contribution in [-0.4, -0.2) is 29.6 Å². The molecule has 0 aliphatic carbocycles. The Hall–Kier alpha value is -2.44. The first kappa shape index (κ1) is 11.1. The van der Waals surface area contributed by atoms with Crippen LogP contribution in [0.15, 0.2) is 18.2 Å². The molecule has 7 heteroatoms. The highest BCUT2D eigenvalue weighted by Gasteiger charge is 2.33. The van der Waals surface area contributed by atoms with E-state index in [9.17, 15) is 18.8 Å². The Balaban J connectivity index is 2.53. The first-order valence-corrected chi connectivity index (χ1v) is 4.65. The molecule has 1 aliphatic rings. The van der Waals surface area contributed by atoms with Gasteiger partial charge in [0.1, 0.15) is 0 Å². The van der Waals surface area contributed by atoms with Crippen LogP contribution in [0.2, 0.25) is 0 Å². The summed E-state index contributed by atoms with van der Waals surface area (Å²) >= 11 is 0. The summed E-state index contributed by atoms with van der Waals surface area (Å²) in [7, 11) is 0. The molecule has 1 aliphatic heterocycles. The molecule has 0 radical (unpaired) electrons. The van der Waals surface area contributed by atoms with Crippen molar-refractivity contribution in [1.29, 1.82) is 0 Å². The van der Waals surface area contributed by atoms with Gasteiger partial charge >= 0.3 is 12.0 Å². The molecule has 2 rings (SSSR count). The van der Waals surface area contributed by atoms with Crippen LogP contribution in [0, 0.1) is 5.82 Å². The van der Waals surface area contributed by atoms with Gasteiger partial charge in [-0.1, -0.05) is 6.07 Å². The molecule has 0 bridgehead atoms. The number of carbonyl (C=O) groups is 3. The van der Waals surface area contributed by atoms with Crippen molar-refractivity contribution >= 4 is 23.6 Å². The van der Waals surface area contributed by atoms with Crippen LogP contribution in [0.5, 0.6) is 0 Å². The number of carboxylic acids is 1. The number of hydrogen-bond donors (Lipinski definition) is 2. The lowest BCUT2D eigenvalue weighted by Crippen LogP contribution is -2.31. The molecule has 0 unspecified atom stereocenters. The van der Waals surface area contributed by atoms with Gasteiger partial charge in [0.25, 0.3) is 5.91 Å². The van der Waals surface area contributed by atoms with Crippen molar-refractivity contribution < 1.29 is 23.9 Å². The maximum Gasteiger partial charge on any atom is 0.338 e. The van der Waals surface area contributed by atoms with Gasteiger partial charge in [0.15, 0.2) is 5.82 Å². The van der Waals surface area contributed by atoms with Crippen LogP contribution in [-0.2, 0) is 4.79 Å². The predicted octanol–water partition coefficient (Wildman–Crippen LogP) is 0.580. The van der Waals surface area contributed by atoms with Gasteiger partial charge < -0.3 is 10.4 Å². The minimum Gasteiger partial charge on any atom is -0.478 e. The highest BCUT2D eigenvalue weighted by Crippen LogP contribution is 2.24. The Bertz CT molecular complexity index is 513. The van der Waals surface area contributed by atoms with Gasteiger partial charge in [-0.2, -0.15) is 0 Å². The van der Waals surface area contributed by atoms with Crippen LogP contribution in [0.4, 0.5) is 14.9 Å². The number of carbonyl (C=O) groups excluding carboxylic acids is 2. The second-order valence-corrected chi connectivity index (χ2v) is 3.33. The molecule has 1 heterocycles. The maximum absolute atomic E-state index is 13.8. The predicted molar refractivity (Wildman–Crippen MR) is 54.2 cm³/mol. The zero-order valence-corrected chi connectivity index (χ0v) is 8.44. The van der Waals surface area contributed by atoms with Crippen molar-refractivity contribution in [2.24, 2.45) is 0 Å². The second-order valence-electron chi connectivity index (χ2n) is 3.33. The fraction of sp³-hybridized carbons (Fsp3) is 0.100. The van der Waals surface area contributed by atoms with E-state index < -0.39 is 29.3 Å². The van der Waals surface area contributed by atoms with Crippen LogP contribution in [0.25, 0.3) is 0 Å². The first-order valence-electron chi connectivity index (χ1n) is 4.65.